The van der Waals surface area contributed by atoms with E-state index < -0.39 is 5.66 Å². The molecule has 1 spiro atoms. The van der Waals surface area contributed by atoms with Crippen LogP contribution < -0.4 is 11.1 Å². The Hall–Kier alpha value is -3.19. The average molecular weight is 522 g/mol. The van der Waals surface area contributed by atoms with E-state index in [1.165, 1.54) is 0 Å². The number of nitrogens with zero attached hydrogens (tertiary/aromatic N) is 2. The Balaban J connectivity index is 1.67. The summed E-state index contributed by atoms with van der Waals surface area (Å²) in [6.07, 6.45) is 4.43. The van der Waals surface area contributed by atoms with Crippen molar-refractivity contribution in [3.8, 4) is 0 Å². The van der Waals surface area contributed by atoms with Crippen LogP contribution in [0.15, 0.2) is 53.5 Å². The number of benzene rings is 2. The number of rotatable bonds is 8. The van der Waals surface area contributed by atoms with Gasteiger partial charge in [0.1, 0.15) is 17.2 Å². The maximum atomic E-state index is 14.1. The molecule has 1 unspecified atom stereocenters. The van der Waals surface area contributed by atoms with Crippen LogP contribution in [-0.4, -0.2) is 40.5 Å². The lowest BCUT2D eigenvalue weighted by Crippen LogP contribution is -2.51. The number of hydrogen-bond donors (Lipinski definition) is 3. The third kappa shape index (κ3) is 5.57. The number of aliphatic imine (C=N–C) groups is 1. The SMILES string of the molecule is CCC(c1ccc(C(=O)NCC(=N)N)cc1)N1C(=O)C(c2cccc(Cl)c2)=NC12CCC(C(C)C)CC2. The summed E-state index contributed by atoms with van der Waals surface area (Å²) in [6, 6.07) is 14.5. The second kappa shape index (κ2) is 11.1. The Morgan fingerprint density at radius 1 is 1.22 bits per heavy atom. The standard InChI is InChI=1S/C29H36ClN5O2/c1-4-24(20-8-10-21(11-9-20)27(36)33-17-25(31)32)35-28(37)26(22-6-5-7-23(30)16-22)34-29(35)14-12-19(13-15-29)18(2)3/h5-11,16,18-19,24H,4,12-15,17H2,1-3H3,(H3,31,32)(H,33,36). The van der Waals surface area contributed by atoms with Crippen LogP contribution in [0.4, 0.5) is 0 Å². The van der Waals surface area contributed by atoms with E-state index in [0.29, 0.717) is 28.1 Å². The molecule has 4 rings (SSSR count). The van der Waals surface area contributed by atoms with E-state index in [1.54, 1.807) is 18.2 Å². The van der Waals surface area contributed by atoms with Crippen molar-refractivity contribution in [3.63, 3.8) is 0 Å². The van der Waals surface area contributed by atoms with Gasteiger partial charge in [-0.05, 0) is 73.8 Å². The zero-order chi connectivity index (χ0) is 26.7. The molecule has 0 radical (unpaired) electrons. The van der Waals surface area contributed by atoms with E-state index in [0.717, 1.165) is 43.2 Å². The normalized spacial score (nSPS) is 22.3. The van der Waals surface area contributed by atoms with Crippen LogP contribution in [0.5, 0.6) is 0 Å². The molecule has 2 aromatic carbocycles. The molecule has 2 aliphatic rings. The minimum Gasteiger partial charge on any atom is -0.386 e. The first-order valence-electron chi connectivity index (χ1n) is 13.1. The molecule has 0 saturated heterocycles. The van der Waals surface area contributed by atoms with E-state index in [1.807, 2.05) is 35.2 Å². The van der Waals surface area contributed by atoms with Gasteiger partial charge in [-0.3, -0.25) is 20.0 Å². The molecule has 1 heterocycles. The summed E-state index contributed by atoms with van der Waals surface area (Å²) in [6.45, 7) is 6.62. The number of amidine groups is 1. The molecule has 196 valence electrons. The minimum absolute atomic E-state index is 0.00393. The molecule has 7 nitrogen and oxygen atoms in total. The summed E-state index contributed by atoms with van der Waals surface area (Å²) in [4.78, 5) is 33.6. The molecule has 2 amide bonds. The lowest BCUT2D eigenvalue weighted by atomic mass is 9.76. The topological polar surface area (TPSA) is 112 Å². The van der Waals surface area contributed by atoms with Crippen molar-refractivity contribution >= 4 is 35.0 Å². The number of nitrogens with two attached hydrogens (primary N) is 1. The zero-order valence-electron chi connectivity index (χ0n) is 21.8. The summed E-state index contributed by atoms with van der Waals surface area (Å²) in [5.74, 6) is 0.767. The van der Waals surface area contributed by atoms with Crippen LogP contribution in [0.2, 0.25) is 5.02 Å². The largest absolute Gasteiger partial charge is 0.386 e. The third-order valence-corrected chi connectivity index (χ3v) is 7.99. The van der Waals surface area contributed by atoms with Gasteiger partial charge in [0.05, 0.1) is 12.6 Å². The van der Waals surface area contributed by atoms with Gasteiger partial charge in [-0.2, -0.15) is 0 Å². The molecular weight excluding hydrogens is 486 g/mol. The van der Waals surface area contributed by atoms with E-state index in [4.69, 9.17) is 27.7 Å². The number of hydrogen-bond acceptors (Lipinski definition) is 4. The van der Waals surface area contributed by atoms with Crippen molar-refractivity contribution in [2.75, 3.05) is 6.54 Å². The van der Waals surface area contributed by atoms with Gasteiger partial charge in [-0.1, -0.05) is 56.6 Å². The van der Waals surface area contributed by atoms with Crippen LogP contribution in [0.1, 0.15) is 80.4 Å². The fraction of sp³-hybridized carbons (Fsp3) is 0.448. The van der Waals surface area contributed by atoms with Crippen LogP contribution >= 0.6 is 11.6 Å². The van der Waals surface area contributed by atoms with Gasteiger partial charge in [0.25, 0.3) is 11.8 Å². The molecule has 1 saturated carbocycles. The Morgan fingerprint density at radius 3 is 2.46 bits per heavy atom. The molecule has 37 heavy (non-hydrogen) atoms. The van der Waals surface area contributed by atoms with Crippen molar-refractivity contribution in [1.82, 2.24) is 10.2 Å². The summed E-state index contributed by atoms with van der Waals surface area (Å²) in [5.41, 5.74) is 7.44. The van der Waals surface area contributed by atoms with Crippen molar-refractivity contribution < 1.29 is 9.59 Å². The highest BCUT2D eigenvalue weighted by Gasteiger charge is 2.51. The van der Waals surface area contributed by atoms with E-state index >= 15 is 0 Å². The summed E-state index contributed by atoms with van der Waals surface area (Å²) in [5, 5.41) is 10.5. The molecule has 0 bridgehead atoms. The average Bonchev–Trinajstić information content (AvgIpc) is 3.15. The third-order valence-electron chi connectivity index (χ3n) is 7.76. The second-order valence-corrected chi connectivity index (χ2v) is 10.9. The predicted octanol–water partition coefficient (Wildman–Crippen LogP) is 5.33. The highest BCUT2D eigenvalue weighted by molar-refractivity contribution is 6.47. The smallest absolute Gasteiger partial charge is 0.275 e. The zero-order valence-corrected chi connectivity index (χ0v) is 22.5. The van der Waals surface area contributed by atoms with E-state index in [-0.39, 0.29) is 30.2 Å². The van der Waals surface area contributed by atoms with E-state index in [2.05, 4.69) is 26.1 Å². The maximum absolute atomic E-state index is 14.1. The van der Waals surface area contributed by atoms with E-state index in [9.17, 15) is 9.59 Å². The molecule has 4 N–H and O–H groups in total. The van der Waals surface area contributed by atoms with Crippen molar-refractivity contribution in [1.29, 1.82) is 5.41 Å². The Kier molecular flexibility index (Phi) is 8.02. The summed E-state index contributed by atoms with van der Waals surface area (Å²) in [7, 11) is 0. The number of carbonyl (C=O) groups is 2. The van der Waals surface area contributed by atoms with Gasteiger partial charge in [0, 0.05) is 16.1 Å². The predicted molar refractivity (Wildman–Crippen MR) is 148 cm³/mol. The fourth-order valence-electron chi connectivity index (χ4n) is 5.69. The Morgan fingerprint density at radius 2 is 1.89 bits per heavy atom. The van der Waals surface area contributed by atoms with Gasteiger partial charge in [-0.25, -0.2) is 0 Å². The van der Waals surface area contributed by atoms with Gasteiger partial charge in [0.2, 0.25) is 0 Å². The van der Waals surface area contributed by atoms with Crippen molar-refractivity contribution in [2.45, 2.75) is 64.6 Å². The molecule has 1 aliphatic heterocycles. The van der Waals surface area contributed by atoms with Gasteiger partial charge in [-0.15, -0.1) is 0 Å². The van der Waals surface area contributed by atoms with Gasteiger partial charge < -0.3 is 16.0 Å². The van der Waals surface area contributed by atoms with Gasteiger partial charge >= 0.3 is 0 Å². The van der Waals surface area contributed by atoms with Crippen molar-refractivity contribution in [2.24, 2.45) is 22.6 Å². The quantitative estimate of drug-likeness (QED) is 0.322. The first kappa shape index (κ1) is 26.9. The maximum Gasteiger partial charge on any atom is 0.275 e. The molecule has 2 aromatic rings. The minimum atomic E-state index is -0.585. The van der Waals surface area contributed by atoms with Gasteiger partial charge in [0.15, 0.2) is 0 Å². The molecule has 8 heteroatoms. The summed E-state index contributed by atoms with van der Waals surface area (Å²) >= 11 is 6.27. The molecular formula is C29H36ClN5O2. The second-order valence-electron chi connectivity index (χ2n) is 10.5. The number of carbonyl (C=O) groups excluding carboxylic acids is 2. The first-order valence-corrected chi connectivity index (χ1v) is 13.4. The highest BCUT2D eigenvalue weighted by atomic mass is 35.5. The van der Waals surface area contributed by atoms with Crippen molar-refractivity contribution in [3.05, 3.63) is 70.2 Å². The first-order chi connectivity index (χ1) is 17.6. The van der Waals surface area contributed by atoms with Crippen LogP contribution in [0.3, 0.4) is 0 Å². The Bertz CT molecular complexity index is 1200. The monoisotopic (exact) mass is 521 g/mol. The molecule has 1 atom stereocenters. The highest BCUT2D eigenvalue weighted by Crippen LogP contribution is 2.47. The molecule has 1 fully saturated rings. The van der Waals surface area contributed by atoms with Crippen LogP contribution in [0, 0.1) is 17.2 Å². The van der Waals surface area contributed by atoms with Crippen LogP contribution in [0.25, 0.3) is 0 Å². The number of amides is 2. The lowest BCUT2D eigenvalue weighted by molar-refractivity contribution is -0.133. The molecule has 0 aromatic heterocycles. The lowest BCUT2D eigenvalue weighted by Gasteiger charge is -2.46. The fourth-order valence-corrected chi connectivity index (χ4v) is 5.88. The molecule has 1 aliphatic carbocycles. The van der Waals surface area contributed by atoms with Crippen LogP contribution in [-0.2, 0) is 4.79 Å². The Labute approximate surface area is 224 Å². The number of nitrogens with one attached hydrogen (secondary N) is 2. The summed E-state index contributed by atoms with van der Waals surface area (Å²) < 4.78 is 0. The number of halogens is 1.